The summed E-state index contributed by atoms with van der Waals surface area (Å²) in [5.41, 5.74) is 1.86. The lowest BCUT2D eigenvalue weighted by atomic mass is 10.1. The standard InChI is InChI=1S/C13H12ClNO2/c1-15(2)12-5-3-9(14)7-11(12)13-6-4-10(8-16)17-13/h3-8H,1-2H3. The van der Waals surface area contributed by atoms with E-state index in [9.17, 15) is 4.79 Å². The van der Waals surface area contributed by atoms with E-state index in [1.165, 1.54) is 0 Å². The number of carbonyl (C=O) groups is 1. The van der Waals surface area contributed by atoms with Crippen LogP contribution in [0.4, 0.5) is 5.69 Å². The van der Waals surface area contributed by atoms with Crippen LogP contribution < -0.4 is 4.90 Å². The number of nitrogens with zero attached hydrogens (tertiary/aromatic N) is 1. The number of furan rings is 1. The first-order chi connectivity index (χ1) is 8.11. The Balaban J connectivity index is 2.56. The summed E-state index contributed by atoms with van der Waals surface area (Å²) in [5, 5.41) is 0.634. The summed E-state index contributed by atoms with van der Waals surface area (Å²) in [4.78, 5) is 12.6. The molecule has 0 saturated heterocycles. The van der Waals surface area contributed by atoms with Gasteiger partial charge in [0.1, 0.15) is 5.76 Å². The minimum absolute atomic E-state index is 0.310. The predicted octanol–water partition coefficient (Wildman–Crippen LogP) is 3.48. The van der Waals surface area contributed by atoms with Crippen molar-refractivity contribution in [3.63, 3.8) is 0 Å². The van der Waals surface area contributed by atoms with E-state index in [2.05, 4.69) is 0 Å². The number of anilines is 1. The van der Waals surface area contributed by atoms with E-state index in [-0.39, 0.29) is 0 Å². The van der Waals surface area contributed by atoms with Gasteiger partial charge in [-0.3, -0.25) is 4.79 Å². The zero-order valence-corrected chi connectivity index (χ0v) is 10.4. The summed E-state index contributed by atoms with van der Waals surface area (Å²) in [7, 11) is 3.88. The zero-order chi connectivity index (χ0) is 12.4. The van der Waals surface area contributed by atoms with Crippen LogP contribution in [0.15, 0.2) is 34.7 Å². The van der Waals surface area contributed by atoms with Gasteiger partial charge in [0.2, 0.25) is 0 Å². The molecule has 2 rings (SSSR count). The minimum atomic E-state index is 0.310. The van der Waals surface area contributed by atoms with E-state index in [1.807, 2.05) is 37.2 Å². The molecule has 0 aliphatic rings. The van der Waals surface area contributed by atoms with Crippen molar-refractivity contribution in [2.45, 2.75) is 0 Å². The van der Waals surface area contributed by atoms with Crippen LogP contribution in [0.2, 0.25) is 5.02 Å². The van der Waals surface area contributed by atoms with Gasteiger partial charge in [0.15, 0.2) is 12.0 Å². The van der Waals surface area contributed by atoms with E-state index < -0.39 is 0 Å². The third-order valence-electron chi connectivity index (χ3n) is 2.45. The molecule has 1 aromatic carbocycles. The summed E-state index contributed by atoms with van der Waals surface area (Å²) >= 11 is 5.98. The molecule has 0 bridgehead atoms. The van der Waals surface area contributed by atoms with Gasteiger partial charge in [-0.15, -0.1) is 0 Å². The molecule has 0 aliphatic carbocycles. The van der Waals surface area contributed by atoms with E-state index in [4.69, 9.17) is 16.0 Å². The van der Waals surface area contributed by atoms with Gasteiger partial charge >= 0.3 is 0 Å². The van der Waals surface area contributed by atoms with Crippen molar-refractivity contribution < 1.29 is 9.21 Å². The molecule has 2 aromatic rings. The molecule has 1 aromatic heterocycles. The second kappa shape index (κ2) is 4.63. The first-order valence-corrected chi connectivity index (χ1v) is 5.52. The number of benzene rings is 1. The fraction of sp³-hybridized carbons (Fsp3) is 0.154. The highest BCUT2D eigenvalue weighted by Gasteiger charge is 2.11. The lowest BCUT2D eigenvalue weighted by molar-refractivity contribution is 0.110. The van der Waals surface area contributed by atoms with Gasteiger partial charge in [0.25, 0.3) is 0 Å². The first kappa shape index (κ1) is 11.7. The maximum absolute atomic E-state index is 10.6. The normalized spacial score (nSPS) is 10.3. The second-order valence-corrected chi connectivity index (χ2v) is 4.31. The van der Waals surface area contributed by atoms with E-state index >= 15 is 0 Å². The Bertz CT molecular complexity index is 546. The van der Waals surface area contributed by atoms with Crippen LogP contribution in [0.1, 0.15) is 10.6 Å². The van der Waals surface area contributed by atoms with Crippen molar-refractivity contribution in [1.82, 2.24) is 0 Å². The van der Waals surface area contributed by atoms with E-state index in [1.54, 1.807) is 12.1 Å². The molecule has 0 saturated carbocycles. The highest BCUT2D eigenvalue weighted by atomic mass is 35.5. The van der Waals surface area contributed by atoms with E-state index in [0.29, 0.717) is 22.8 Å². The monoisotopic (exact) mass is 249 g/mol. The van der Waals surface area contributed by atoms with Crippen LogP contribution in [0.5, 0.6) is 0 Å². The van der Waals surface area contributed by atoms with Crippen LogP contribution in [0.25, 0.3) is 11.3 Å². The molecule has 0 aliphatic heterocycles. The van der Waals surface area contributed by atoms with Crippen LogP contribution in [-0.2, 0) is 0 Å². The lowest BCUT2D eigenvalue weighted by Crippen LogP contribution is -2.09. The maximum atomic E-state index is 10.6. The fourth-order valence-electron chi connectivity index (χ4n) is 1.66. The molecule has 4 heteroatoms. The molecule has 0 atom stereocenters. The topological polar surface area (TPSA) is 33.5 Å². The van der Waals surface area contributed by atoms with E-state index in [0.717, 1.165) is 11.3 Å². The zero-order valence-electron chi connectivity index (χ0n) is 9.61. The van der Waals surface area contributed by atoms with Gasteiger partial charge in [0.05, 0.1) is 0 Å². The second-order valence-electron chi connectivity index (χ2n) is 3.88. The molecule has 3 nitrogen and oxygen atoms in total. The van der Waals surface area contributed by atoms with Crippen LogP contribution in [0.3, 0.4) is 0 Å². The lowest BCUT2D eigenvalue weighted by Gasteiger charge is -2.16. The van der Waals surface area contributed by atoms with Gasteiger partial charge in [-0.05, 0) is 30.3 Å². The number of halogens is 1. The van der Waals surface area contributed by atoms with Crippen LogP contribution in [-0.4, -0.2) is 20.4 Å². The molecule has 0 radical (unpaired) electrons. The molecule has 0 spiro atoms. The molecule has 0 fully saturated rings. The first-order valence-electron chi connectivity index (χ1n) is 5.14. The third kappa shape index (κ3) is 2.34. The summed E-state index contributed by atoms with van der Waals surface area (Å²) in [6.45, 7) is 0. The number of hydrogen-bond donors (Lipinski definition) is 0. The van der Waals surface area contributed by atoms with Gasteiger partial charge < -0.3 is 9.32 Å². The van der Waals surface area contributed by atoms with Gasteiger partial charge in [0, 0.05) is 30.4 Å². The quantitative estimate of drug-likeness (QED) is 0.781. The van der Waals surface area contributed by atoms with Crippen molar-refractivity contribution in [1.29, 1.82) is 0 Å². The van der Waals surface area contributed by atoms with Gasteiger partial charge in [-0.25, -0.2) is 0 Å². The molecular weight excluding hydrogens is 238 g/mol. The number of aldehydes is 1. The molecule has 17 heavy (non-hydrogen) atoms. The Morgan fingerprint density at radius 2 is 2.00 bits per heavy atom. The Kier molecular flexibility index (Phi) is 3.20. The average molecular weight is 250 g/mol. The van der Waals surface area contributed by atoms with Crippen LogP contribution >= 0.6 is 11.6 Å². The average Bonchev–Trinajstić information content (AvgIpc) is 2.76. The van der Waals surface area contributed by atoms with Crippen molar-refractivity contribution in [3.8, 4) is 11.3 Å². The summed E-state index contributed by atoms with van der Waals surface area (Å²) < 4.78 is 5.41. The highest BCUT2D eigenvalue weighted by molar-refractivity contribution is 6.31. The SMILES string of the molecule is CN(C)c1ccc(Cl)cc1-c1ccc(C=O)o1. The Morgan fingerprint density at radius 1 is 1.24 bits per heavy atom. The molecule has 0 amide bonds. The van der Waals surface area contributed by atoms with Crippen molar-refractivity contribution >= 4 is 23.6 Å². The molecule has 0 unspecified atom stereocenters. The fourth-order valence-corrected chi connectivity index (χ4v) is 1.83. The number of hydrogen-bond acceptors (Lipinski definition) is 3. The Hall–Kier alpha value is -1.74. The molecular formula is C13H12ClNO2. The Morgan fingerprint density at radius 3 is 2.59 bits per heavy atom. The number of rotatable bonds is 3. The minimum Gasteiger partial charge on any atom is -0.453 e. The largest absolute Gasteiger partial charge is 0.453 e. The molecule has 0 N–H and O–H groups in total. The summed E-state index contributed by atoms with van der Waals surface area (Å²) in [5.74, 6) is 0.947. The van der Waals surface area contributed by atoms with Crippen molar-refractivity contribution in [2.24, 2.45) is 0 Å². The third-order valence-corrected chi connectivity index (χ3v) is 2.68. The highest BCUT2D eigenvalue weighted by Crippen LogP contribution is 2.33. The summed E-state index contributed by atoms with van der Waals surface area (Å²) in [6.07, 6.45) is 0.684. The summed E-state index contributed by atoms with van der Waals surface area (Å²) in [6, 6.07) is 8.97. The van der Waals surface area contributed by atoms with Crippen molar-refractivity contribution in [2.75, 3.05) is 19.0 Å². The van der Waals surface area contributed by atoms with Crippen molar-refractivity contribution in [3.05, 3.63) is 41.1 Å². The van der Waals surface area contributed by atoms with Gasteiger partial charge in [-0.1, -0.05) is 11.6 Å². The smallest absolute Gasteiger partial charge is 0.185 e. The van der Waals surface area contributed by atoms with Gasteiger partial charge in [-0.2, -0.15) is 0 Å². The molecule has 88 valence electrons. The maximum Gasteiger partial charge on any atom is 0.185 e. The number of carbonyl (C=O) groups excluding carboxylic acids is 1. The molecule has 1 heterocycles. The predicted molar refractivity (Wildman–Crippen MR) is 68.9 cm³/mol. The van der Waals surface area contributed by atoms with Crippen LogP contribution in [0, 0.1) is 0 Å². The Labute approximate surface area is 105 Å².